The van der Waals surface area contributed by atoms with Crippen LogP contribution in [-0.2, 0) is 10.8 Å². The summed E-state index contributed by atoms with van der Waals surface area (Å²) in [7, 11) is 0. The molecule has 13 aromatic rings. The molecule has 0 unspecified atom stereocenters. The number of fused-ring (bicyclic) bond motifs is 11. The second kappa shape index (κ2) is 16.7. The summed E-state index contributed by atoms with van der Waals surface area (Å²) in [5.41, 5.74) is 25.1. The Morgan fingerprint density at radius 2 is 0.513 bits per heavy atom. The molecule has 0 fully saturated rings. The molecule has 2 aliphatic carbocycles. The molecule has 13 aromatic carbocycles. The van der Waals surface area contributed by atoms with Crippen LogP contribution in [0, 0.1) is 0 Å². The average Bonchev–Trinajstić information content (AvgIpc) is 3.87. The highest BCUT2D eigenvalue weighted by atomic mass is 14.4. The molecule has 2 aliphatic rings. The van der Waals surface area contributed by atoms with Gasteiger partial charge in [-0.1, -0.05) is 234 Å². The van der Waals surface area contributed by atoms with Crippen LogP contribution in [0.15, 0.2) is 255 Å². The van der Waals surface area contributed by atoms with Crippen molar-refractivity contribution in [2.45, 2.75) is 38.5 Å². The van der Waals surface area contributed by atoms with E-state index in [4.69, 9.17) is 0 Å². The lowest BCUT2D eigenvalue weighted by Gasteiger charge is -2.25. The summed E-state index contributed by atoms with van der Waals surface area (Å²) >= 11 is 0. The summed E-state index contributed by atoms with van der Waals surface area (Å²) in [6, 6.07) is 96.5. The first-order chi connectivity index (χ1) is 37.2. The summed E-state index contributed by atoms with van der Waals surface area (Å²) < 4.78 is 0. The summed E-state index contributed by atoms with van der Waals surface area (Å²) in [4.78, 5) is 0. The van der Waals surface area contributed by atoms with E-state index >= 15 is 0 Å². The predicted molar refractivity (Wildman–Crippen MR) is 324 cm³/mol. The molecule has 0 atom stereocenters. The highest BCUT2D eigenvalue weighted by Crippen LogP contribution is 2.55. The summed E-state index contributed by atoms with van der Waals surface area (Å²) in [5.74, 6) is 0. The fraction of sp³-hybridized carbons (Fsp3) is 0.0789. The van der Waals surface area contributed by atoms with E-state index in [0.29, 0.717) is 0 Å². The minimum atomic E-state index is -0.184. The van der Waals surface area contributed by atoms with Gasteiger partial charge in [0.25, 0.3) is 0 Å². The molecule has 0 nitrogen and oxygen atoms in total. The second-order valence-electron chi connectivity index (χ2n) is 22.4. The minimum absolute atomic E-state index is 0.184. The van der Waals surface area contributed by atoms with Crippen LogP contribution in [0.1, 0.15) is 49.9 Å². The molecule has 0 saturated heterocycles. The largest absolute Gasteiger partial charge is 0.0622 e. The lowest BCUT2D eigenvalue weighted by Crippen LogP contribution is -2.15. The molecule has 15 rings (SSSR count). The van der Waals surface area contributed by atoms with Crippen LogP contribution in [0.2, 0.25) is 0 Å². The molecule has 76 heavy (non-hydrogen) atoms. The lowest BCUT2D eigenvalue weighted by atomic mass is 9.78. The van der Waals surface area contributed by atoms with Crippen LogP contribution >= 0.6 is 0 Å². The van der Waals surface area contributed by atoms with Crippen molar-refractivity contribution in [1.82, 2.24) is 0 Å². The molecule has 0 heteroatoms. The Balaban J connectivity index is 1.08. The van der Waals surface area contributed by atoms with Crippen LogP contribution in [0.25, 0.3) is 132 Å². The summed E-state index contributed by atoms with van der Waals surface area (Å²) in [6.45, 7) is 9.63. The Labute approximate surface area is 445 Å². The molecule has 0 aliphatic heterocycles. The Hall–Kier alpha value is -9.10. The van der Waals surface area contributed by atoms with Crippen LogP contribution in [0.4, 0.5) is 0 Å². The Bertz CT molecular complexity index is 4260. The van der Waals surface area contributed by atoms with E-state index in [2.05, 4.69) is 282 Å². The zero-order chi connectivity index (χ0) is 50.9. The highest BCUT2D eigenvalue weighted by Gasteiger charge is 2.37. The number of rotatable bonds is 6. The van der Waals surface area contributed by atoms with E-state index in [1.54, 1.807) is 0 Å². The monoisotopic (exact) mass is 966 g/mol. The van der Waals surface area contributed by atoms with Gasteiger partial charge in [0.2, 0.25) is 0 Å². The standard InChI is InChI=1S/C76H54/c1-75(2)69-29-17-15-27-59(69)61-37-33-55(45-71(61)75)73-67-43-53(65-41-51-25-13-11-23-49(51)39-63(65)47-19-7-5-8-20-47)31-35-57(67)58-36-32-54(66-42-52-26-14-12-24-50(52)40-64(66)48-21-9-6-10-22-48)44-68(58)74(73)56-34-38-62-60-28-16-18-30-70(60)76(3,4)72(62)46-56/h5-46H,1-4H3. The quantitative estimate of drug-likeness (QED) is 0.146. The van der Waals surface area contributed by atoms with Gasteiger partial charge >= 0.3 is 0 Å². The van der Waals surface area contributed by atoms with Crippen molar-refractivity contribution < 1.29 is 0 Å². The smallest absolute Gasteiger partial charge is 0.0159 e. The maximum Gasteiger partial charge on any atom is 0.0159 e. The predicted octanol–water partition coefficient (Wildman–Crippen LogP) is 20.9. The third kappa shape index (κ3) is 6.70. The second-order valence-corrected chi connectivity index (χ2v) is 22.4. The van der Waals surface area contributed by atoms with Crippen LogP contribution in [0.5, 0.6) is 0 Å². The van der Waals surface area contributed by atoms with Crippen molar-refractivity contribution in [3.05, 3.63) is 277 Å². The van der Waals surface area contributed by atoms with E-state index in [1.165, 1.54) is 154 Å². The molecule has 0 saturated carbocycles. The van der Waals surface area contributed by atoms with Crippen molar-refractivity contribution in [1.29, 1.82) is 0 Å². The first kappa shape index (κ1) is 44.4. The normalized spacial score (nSPS) is 13.7. The van der Waals surface area contributed by atoms with Crippen molar-refractivity contribution in [3.63, 3.8) is 0 Å². The maximum atomic E-state index is 2.55. The summed E-state index contributed by atoms with van der Waals surface area (Å²) in [6.07, 6.45) is 0. The molecule has 358 valence electrons. The fourth-order valence-electron chi connectivity index (χ4n) is 13.6. The van der Waals surface area contributed by atoms with Gasteiger partial charge in [0.15, 0.2) is 0 Å². The Kier molecular flexibility index (Phi) is 9.76. The third-order valence-corrected chi connectivity index (χ3v) is 17.4. The SMILES string of the molecule is CC1(C)c2ccccc2-c2ccc(-c3c(-c4ccc5c(c4)C(C)(C)c4ccccc4-5)c4cc(-c5cc6ccccc6cc5-c5ccccc5)ccc4c4ccc(-c5cc6ccccc6cc5-c5ccccc5)cc34)cc21. The van der Waals surface area contributed by atoms with Gasteiger partial charge in [-0.15, -0.1) is 0 Å². The van der Waals surface area contributed by atoms with Gasteiger partial charge < -0.3 is 0 Å². The molecule has 0 heterocycles. The van der Waals surface area contributed by atoms with Gasteiger partial charge in [-0.3, -0.25) is 0 Å². The van der Waals surface area contributed by atoms with Crippen LogP contribution in [0.3, 0.4) is 0 Å². The third-order valence-electron chi connectivity index (χ3n) is 17.4. The molecular formula is C76H54. The van der Waals surface area contributed by atoms with E-state index in [0.717, 1.165) is 0 Å². The number of hydrogen-bond donors (Lipinski definition) is 0. The number of hydrogen-bond acceptors (Lipinski definition) is 0. The van der Waals surface area contributed by atoms with E-state index in [-0.39, 0.29) is 10.8 Å². The van der Waals surface area contributed by atoms with Crippen molar-refractivity contribution in [2.75, 3.05) is 0 Å². The number of benzene rings is 13. The van der Waals surface area contributed by atoms with E-state index in [1.807, 2.05) is 0 Å². The van der Waals surface area contributed by atoms with Gasteiger partial charge in [0, 0.05) is 10.8 Å². The van der Waals surface area contributed by atoms with Gasteiger partial charge in [-0.05, 0) is 203 Å². The first-order valence-electron chi connectivity index (χ1n) is 26.9. The average molecular weight is 967 g/mol. The van der Waals surface area contributed by atoms with Crippen LogP contribution < -0.4 is 0 Å². The molecule has 0 N–H and O–H groups in total. The molecule has 0 bridgehead atoms. The lowest BCUT2D eigenvalue weighted by molar-refractivity contribution is 0.660. The van der Waals surface area contributed by atoms with Crippen molar-refractivity contribution >= 4 is 43.1 Å². The zero-order valence-electron chi connectivity index (χ0n) is 43.2. The molecule has 0 spiro atoms. The topological polar surface area (TPSA) is 0 Å². The fourth-order valence-corrected chi connectivity index (χ4v) is 13.6. The maximum absolute atomic E-state index is 2.55. The van der Waals surface area contributed by atoms with Crippen LogP contribution in [-0.4, -0.2) is 0 Å². The van der Waals surface area contributed by atoms with Gasteiger partial charge in [-0.25, -0.2) is 0 Å². The Morgan fingerprint density at radius 3 is 0.908 bits per heavy atom. The first-order valence-corrected chi connectivity index (χ1v) is 26.9. The van der Waals surface area contributed by atoms with Gasteiger partial charge in [0.05, 0.1) is 0 Å². The zero-order valence-corrected chi connectivity index (χ0v) is 43.2. The van der Waals surface area contributed by atoms with Gasteiger partial charge in [-0.2, -0.15) is 0 Å². The van der Waals surface area contributed by atoms with E-state index < -0.39 is 0 Å². The van der Waals surface area contributed by atoms with Gasteiger partial charge in [0.1, 0.15) is 0 Å². The highest BCUT2D eigenvalue weighted by molar-refractivity contribution is 6.23. The van der Waals surface area contributed by atoms with E-state index in [9.17, 15) is 0 Å². The molecule has 0 amide bonds. The van der Waals surface area contributed by atoms with Crippen molar-refractivity contribution in [3.8, 4) is 89.0 Å². The summed E-state index contributed by atoms with van der Waals surface area (Å²) in [5, 5.41) is 9.90. The molecule has 0 radical (unpaired) electrons. The van der Waals surface area contributed by atoms with Crippen molar-refractivity contribution in [2.24, 2.45) is 0 Å². The Morgan fingerprint density at radius 1 is 0.197 bits per heavy atom. The minimum Gasteiger partial charge on any atom is -0.0622 e. The molecule has 0 aromatic heterocycles. The molecular weight excluding hydrogens is 913 g/mol.